The van der Waals surface area contributed by atoms with E-state index in [1.165, 1.54) is 19.3 Å². The van der Waals surface area contributed by atoms with Crippen LogP contribution in [0.5, 0.6) is 0 Å². The Morgan fingerprint density at radius 2 is 2.24 bits per heavy atom. The number of hydrogen-bond acceptors (Lipinski definition) is 1. The lowest BCUT2D eigenvalue weighted by molar-refractivity contribution is 0.426. The Morgan fingerprint density at radius 1 is 1.48 bits per heavy atom. The standard InChI is InChI=1S/C16H19ClFIN2/c1-2-11(7-10-3-4-10)21-15-8-12(18)13(19)9-14(15)20-16(21)5-6-17/h8-11H,2-7H2,1H3. The molecular formula is C16H19ClFIN2. The lowest BCUT2D eigenvalue weighted by atomic mass is 10.1. The summed E-state index contributed by atoms with van der Waals surface area (Å²) in [5, 5.41) is 0. The van der Waals surface area contributed by atoms with Gasteiger partial charge in [0.1, 0.15) is 11.6 Å². The molecule has 2 nitrogen and oxygen atoms in total. The van der Waals surface area contributed by atoms with Crippen molar-refractivity contribution in [1.82, 2.24) is 9.55 Å². The number of aromatic nitrogens is 2. The highest BCUT2D eigenvalue weighted by Crippen LogP contribution is 2.39. The van der Waals surface area contributed by atoms with E-state index in [0.717, 1.165) is 35.6 Å². The molecule has 1 unspecified atom stereocenters. The second-order valence-electron chi connectivity index (χ2n) is 5.83. The molecule has 114 valence electrons. The van der Waals surface area contributed by atoms with E-state index in [4.69, 9.17) is 16.6 Å². The van der Waals surface area contributed by atoms with Crippen LogP contribution in [0.1, 0.15) is 44.5 Å². The van der Waals surface area contributed by atoms with Crippen LogP contribution in [0.4, 0.5) is 4.39 Å². The van der Waals surface area contributed by atoms with E-state index in [0.29, 0.717) is 15.5 Å². The third-order valence-electron chi connectivity index (χ3n) is 4.26. The van der Waals surface area contributed by atoms with Crippen LogP contribution in [0.3, 0.4) is 0 Å². The van der Waals surface area contributed by atoms with Gasteiger partial charge in [-0.2, -0.15) is 0 Å². The zero-order chi connectivity index (χ0) is 15.0. The maximum Gasteiger partial charge on any atom is 0.138 e. The summed E-state index contributed by atoms with van der Waals surface area (Å²) >= 11 is 7.96. The van der Waals surface area contributed by atoms with Crippen LogP contribution in [0.15, 0.2) is 12.1 Å². The molecule has 1 aliphatic carbocycles. The summed E-state index contributed by atoms with van der Waals surface area (Å²) in [4.78, 5) is 4.71. The van der Waals surface area contributed by atoms with Crippen molar-refractivity contribution in [2.75, 3.05) is 5.88 Å². The van der Waals surface area contributed by atoms with Crippen molar-refractivity contribution in [3.63, 3.8) is 0 Å². The minimum atomic E-state index is -0.164. The van der Waals surface area contributed by atoms with E-state index < -0.39 is 0 Å². The summed E-state index contributed by atoms with van der Waals surface area (Å²) in [7, 11) is 0. The van der Waals surface area contributed by atoms with Gasteiger partial charge in [0.05, 0.1) is 14.6 Å². The second-order valence-corrected chi connectivity index (χ2v) is 7.37. The Morgan fingerprint density at radius 3 is 2.86 bits per heavy atom. The molecule has 0 bridgehead atoms. The van der Waals surface area contributed by atoms with Crippen molar-refractivity contribution in [3.05, 3.63) is 27.3 Å². The number of hydrogen-bond donors (Lipinski definition) is 0. The van der Waals surface area contributed by atoms with E-state index in [2.05, 4.69) is 11.5 Å². The molecular weight excluding hydrogens is 402 g/mol. The quantitative estimate of drug-likeness (QED) is 0.457. The highest BCUT2D eigenvalue weighted by atomic mass is 127. The molecule has 0 radical (unpaired) electrons. The normalized spacial score (nSPS) is 16.6. The smallest absolute Gasteiger partial charge is 0.138 e. The Hall–Kier alpha value is -0.360. The minimum absolute atomic E-state index is 0.164. The van der Waals surface area contributed by atoms with Gasteiger partial charge in [0, 0.05) is 24.4 Å². The number of halogens is 3. The maximum atomic E-state index is 14.0. The van der Waals surface area contributed by atoms with Gasteiger partial charge < -0.3 is 4.57 Å². The van der Waals surface area contributed by atoms with E-state index in [9.17, 15) is 4.39 Å². The van der Waals surface area contributed by atoms with Gasteiger partial charge in [-0.1, -0.05) is 19.8 Å². The first-order valence-corrected chi connectivity index (χ1v) is 9.17. The number of benzene rings is 1. The largest absolute Gasteiger partial charge is 0.325 e. The Bertz CT molecular complexity index is 651. The molecule has 2 aromatic rings. The van der Waals surface area contributed by atoms with Crippen LogP contribution < -0.4 is 0 Å². The molecule has 1 aromatic heterocycles. The summed E-state index contributed by atoms with van der Waals surface area (Å²) < 4.78 is 16.9. The van der Waals surface area contributed by atoms with Gasteiger partial charge >= 0.3 is 0 Å². The molecule has 3 rings (SSSR count). The molecule has 0 aliphatic heterocycles. The van der Waals surface area contributed by atoms with Crippen LogP contribution >= 0.6 is 34.2 Å². The van der Waals surface area contributed by atoms with Gasteiger partial charge in [0.15, 0.2) is 0 Å². The van der Waals surface area contributed by atoms with Crippen molar-refractivity contribution < 1.29 is 4.39 Å². The summed E-state index contributed by atoms with van der Waals surface area (Å²) in [5.41, 5.74) is 1.80. The average molecular weight is 421 g/mol. The molecule has 1 aromatic carbocycles. The van der Waals surface area contributed by atoms with Crippen LogP contribution in [0.2, 0.25) is 0 Å². The van der Waals surface area contributed by atoms with Crippen LogP contribution in [-0.4, -0.2) is 15.4 Å². The average Bonchev–Trinajstić information content (AvgIpc) is 3.21. The lowest BCUT2D eigenvalue weighted by Gasteiger charge is -2.20. The summed E-state index contributed by atoms with van der Waals surface area (Å²) in [6, 6.07) is 3.88. The first-order chi connectivity index (χ1) is 10.1. The third-order valence-corrected chi connectivity index (χ3v) is 5.28. The topological polar surface area (TPSA) is 17.8 Å². The predicted octanol–water partition coefficient (Wildman–Crippen LogP) is 5.31. The zero-order valence-electron chi connectivity index (χ0n) is 12.1. The molecule has 1 saturated carbocycles. The maximum absolute atomic E-state index is 14.0. The van der Waals surface area contributed by atoms with Gasteiger partial charge in [-0.3, -0.25) is 0 Å². The molecule has 0 saturated heterocycles. The Kier molecular flexibility index (Phi) is 4.74. The molecule has 0 N–H and O–H groups in total. The highest BCUT2D eigenvalue weighted by molar-refractivity contribution is 14.1. The number of rotatable bonds is 6. The molecule has 1 fully saturated rings. The van der Waals surface area contributed by atoms with Crippen LogP contribution in [0, 0.1) is 15.3 Å². The molecule has 1 aliphatic rings. The molecule has 1 atom stereocenters. The van der Waals surface area contributed by atoms with Gasteiger partial charge in [-0.15, -0.1) is 11.6 Å². The fourth-order valence-corrected chi connectivity index (χ4v) is 3.62. The predicted molar refractivity (Wildman–Crippen MR) is 93.5 cm³/mol. The Labute approximate surface area is 143 Å². The number of fused-ring (bicyclic) bond motifs is 1. The number of aryl methyl sites for hydroxylation is 1. The van der Waals surface area contributed by atoms with Gasteiger partial charge in [0.25, 0.3) is 0 Å². The van der Waals surface area contributed by atoms with E-state index in [-0.39, 0.29) is 5.82 Å². The van der Waals surface area contributed by atoms with Gasteiger partial charge in [0.2, 0.25) is 0 Å². The second kappa shape index (κ2) is 6.41. The summed E-state index contributed by atoms with van der Waals surface area (Å²) in [6.45, 7) is 2.20. The van der Waals surface area contributed by atoms with Crippen molar-refractivity contribution in [3.8, 4) is 0 Å². The number of nitrogens with zero attached hydrogens (tertiary/aromatic N) is 2. The molecule has 1 heterocycles. The molecule has 21 heavy (non-hydrogen) atoms. The first kappa shape index (κ1) is 15.5. The van der Waals surface area contributed by atoms with Crippen molar-refractivity contribution in [2.24, 2.45) is 5.92 Å². The zero-order valence-corrected chi connectivity index (χ0v) is 15.0. The van der Waals surface area contributed by atoms with E-state index in [1.54, 1.807) is 6.07 Å². The molecule has 0 amide bonds. The first-order valence-electron chi connectivity index (χ1n) is 7.55. The van der Waals surface area contributed by atoms with Crippen LogP contribution in [-0.2, 0) is 6.42 Å². The molecule has 5 heteroatoms. The van der Waals surface area contributed by atoms with Crippen molar-refractivity contribution in [2.45, 2.75) is 45.1 Å². The van der Waals surface area contributed by atoms with Crippen molar-refractivity contribution in [1.29, 1.82) is 0 Å². The fraction of sp³-hybridized carbons (Fsp3) is 0.562. The van der Waals surface area contributed by atoms with Gasteiger partial charge in [-0.05, 0) is 47.4 Å². The summed E-state index contributed by atoms with van der Waals surface area (Å²) in [5.74, 6) is 2.21. The SMILES string of the molecule is CCC(CC1CC1)n1c(CCCl)nc2cc(I)c(F)cc21. The fourth-order valence-electron chi connectivity index (χ4n) is 3.00. The summed E-state index contributed by atoms with van der Waals surface area (Å²) in [6.07, 6.45) is 5.62. The Balaban J connectivity index is 2.11. The van der Waals surface area contributed by atoms with Crippen LogP contribution in [0.25, 0.3) is 11.0 Å². The number of imidazole rings is 1. The van der Waals surface area contributed by atoms with Crippen molar-refractivity contribution >= 4 is 45.2 Å². The lowest BCUT2D eigenvalue weighted by Crippen LogP contribution is -2.13. The number of alkyl halides is 1. The molecule has 0 spiro atoms. The minimum Gasteiger partial charge on any atom is -0.325 e. The van der Waals surface area contributed by atoms with E-state index >= 15 is 0 Å². The van der Waals surface area contributed by atoms with Gasteiger partial charge in [-0.25, -0.2) is 9.37 Å². The third kappa shape index (κ3) is 3.21. The monoisotopic (exact) mass is 420 g/mol. The highest BCUT2D eigenvalue weighted by Gasteiger charge is 2.27. The van der Waals surface area contributed by atoms with E-state index in [1.807, 2.05) is 28.7 Å².